The van der Waals surface area contributed by atoms with Crippen molar-refractivity contribution >= 4 is 17.7 Å². The normalized spacial score (nSPS) is 16.0. The van der Waals surface area contributed by atoms with Gasteiger partial charge in [0.15, 0.2) is 0 Å². The Morgan fingerprint density at radius 2 is 2.08 bits per heavy atom. The van der Waals surface area contributed by atoms with E-state index in [0.717, 1.165) is 56.2 Å². The first-order chi connectivity index (χ1) is 12.1. The number of carbonyl (C=O) groups is 1. The first kappa shape index (κ1) is 19.6. The Balaban J connectivity index is 1.66. The maximum Gasteiger partial charge on any atom is 0.409 e. The Kier molecular flexibility index (Phi) is 8.11. The second-order valence-corrected chi connectivity index (χ2v) is 6.87. The molecule has 1 saturated heterocycles. The average Bonchev–Trinajstić information content (AvgIpc) is 2.61. The average molecular weight is 363 g/mol. The standard InChI is InChI=1S/C20H27ClN2O2/c1-3-25-20(24)23-14-12-22(13-15-23)11-10-17(2)6-4-7-18-8-5-9-19(21)16-18/h5,8-9,16-17H,3,6,10-15H2,1-2H3. The molecule has 0 aliphatic carbocycles. The third-order valence-electron chi connectivity index (χ3n) is 4.34. The highest BCUT2D eigenvalue weighted by molar-refractivity contribution is 6.30. The summed E-state index contributed by atoms with van der Waals surface area (Å²) < 4.78 is 5.05. The summed E-state index contributed by atoms with van der Waals surface area (Å²) in [6.45, 7) is 8.90. The fourth-order valence-corrected chi connectivity index (χ4v) is 2.96. The van der Waals surface area contributed by atoms with Gasteiger partial charge in [0.05, 0.1) is 6.61 Å². The van der Waals surface area contributed by atoms with E-state index in [0.29, 0.717) is 12.5 Å². The molecule has 136 valence electrons. The molecule has 1 heterocycles. The van der Waals surface area contributed by atoms with E-state index in [-0.39, 0.29) is 6.09 Å². The van der Waals surface area contributed by atoms with Crippen LogP contribution in [0.15, 0.2) is 24.3 Å². The van der Waals surface area contributed by atoms with Crippen molar-refractivity contribution in [1.29, 1.82) is 0 Å². The maximum atomic E-state index is 11.7. The zero-order valence-corrected chi connectivity index (χ0v) is 15.9. The molecule has 2 rings (SSSR count). The molecule has 25 heavy (non-hydrogen) atoms. The Morgan fingerprint density at radius 3 is 2.76 bits per heavy atom. The molecule has 1 amide bonds. The molecule has 0 spiro atoms. The second kappa shape index (κ2) is 10.3. The van der Waals surface area contributed by atoms with E-state index in [1.807, 2.05) is 31.2 Å². The summed E-state index contributed by atoms with van der Waals surface area (Å²) in [6, 6.07) is 7.65. The van der Waals surface area contributed by atoms with Crippen molar-refractivity contribution in [3.05, 3.63) is 34.9 Å². The van der Waals surface area contributed by atoms with Gasteiger partial charge in [-0.15, -0.1) is 0 Å². The van der Waals surface area contributed by atoms with Crippen molar-refractivity contribution in [2.75, 3.05) is 39.3 Å². The monoisotopic (exact) mass is 362 g/mol. The zero-order valence-electron chi connectivity index (χ0n) is 15.1. The first-order valence-corrected chi connectivity index (χ1v) is 9.34. The van der Waals surface area contributed by atoms with Crippen LogP contribution in [-0.2, 0) is 4.74 Å². The molecule has 0 aromatic heterocycles. The number of halogens is 1. The van der Waals surface area contributed by atoms with Crippen LogP contribution < -0.4 is 0 Å². The SMILES string of the molecule is CCOC(=O)N1CCN(CCC(C)CC#Cc2cccc(Cl)c2)CC1. The van der Waals surface area contributed by atoms with Gasteiger partial charge in [-0.1, -0.05) is 36.4 Å². The number of piperazine rings is 1. The van der Waals surface area contributed by atoms with Gasteiger partial charge in [-0.2, -0.15) is 0 Å². The molecular formula is C20H27ClN2O2. The summed E-state index contributed by atoms with van der Waals surface area (Å²) in [5.41, 5.74) is 0.967. The minimum Gasteiger partial charge on any atom is -0.450 e. The number of benzene rings is 1. The number of hydrogen-bond donors (Lipinski definition) is 0. The van der Waals surface area contributed by atoms with Crippen molar-refractivity contribution < 1.29 is 9.53 Å². The quantitative estimate of drug-likeness (QED) is 0.745. The van der Waals surface area contributed by atoms with Crippen LogP contribution in [0.5, 0.6) is 0 Å². The maximum absolute atomic E-state index is 11.7. The number of carbonyl (C=O) groups excluding carboxylic acids is 1. The number of rotatable bonds is 5. The zero-order chi connectivity index (χ0) is 18.1. The largest absolute Gasteiger partial charge is 0.450 e. The van der Waals surface area contributed by atoms with Gasteiger partial charge in [-0.25, -0.2) is 4.79 Å². The van der Waals surface area contributed by atoms with Crippen LogP contribution in [0.3, 0.4) is 0 Å². The van der Waals surface area contributed by atoms with Crippen LogP contribution in [0.1, 0.15) is 32.3 Å². The summed E-state index contributed by atoms with van der Waals surface area (Å²) in [4.78, 5) is 15.9. The third-order valence-corrected chi connectivity index (χ3v) is 4.58. The minimum absolute atomic E-state index is 0.188. The highest BCUT2D eigenvalue weighted by atomic mass is 35.5. The highest BCUT2D eigenvalue weighted by Gasteiger charge is 2.21. The molecule has 0 saturated carbocycles. The van der Waals surface area contributed by atoms with Gasteiger partial charge in [0, 0.05) is 43.2 Å². The summed E-state index contributed by atoms with van der Waals surface area (Å²) >= 11 is 5.96. The number of ether oxygens (including phenoxy) is 1. The molecule has 0 N–H and O–H groups in total. The van der Waals surface area contributed by atoms with E-state index in [1.54, 1.807) is 4.90 Å². The number of nitrogens with zero attached hydrogens (tertiary/aromatic N) is 2. The van der Waals surface area contributed by atoms with Gasteiger partial charge in [0.1, 0.15) is 0 Å². The van der Waals surface area contributed by atoms with E-state index in [2.05, 4.69) is 23.7 Å². The summed E-state index contributed by atoms with van der Waals surface area (Å²) in [6.07, 6.45) is 1.81. The van der Waals surface area contributed by atoms with E-state index < -0.39 is 0 Å². The van der Waals surface area contributed by atoms with Crippen molar-refractivity contribution in [2.24, 2.45) is 5.92 Å². The van der Waals surface area contributed by atoms with Gasteiger partial charge in [0.2, 0.25) is 0 Å². The van der Waals surface area contributed by atoms with E-state index in [9.17, 15) is 4.79 Å². The van der Waals surface area contributed by atoms with E-state index in [1.165, 1.54) is 0 Å². The Hall–Kier alpha value is -1.70. The van der Waals surface area contributed by atoms with Gasteiger partial charge in [0.25, 0.3) is 0 Å². The second-order valence-electron chi connectivity index (χ2n) is 6.44. The summed E-state index contributed by atoms with van der Waals surface area (Å²) in [5, 5.41) is 0.724. The topological polar surface area (TPSA) is 32.8 Å². The van der Waals surface area contributed by atoms with Gasteiger partial charge >= 0.3 is 6.09 Å². The molecule has 0 radical (unpaired) electrons. The predicted molar refractivity (Wildman–Crippen MR) is 102 cm³/mol. The lowest BCUT2D eigenvalue weighted by molar-refractivity contribution is 0.0783. The lowest BCUT2D eigenvalue weighted by Gasteiger charge is -2.34. The molecule has 5 heteroatoms. The van der Waals surface area contributed by atoms with Crippen molar-refractivity contribution in [3.63, 3.8) is 0 Å². The van der Waals surface area contributed by atoms with Crippen LogP contribution in [-0.4, -0.2) is 55.2 Å². The van der Waals surface area contributed by atoms with Crippen molar-refractivity contribution in [3.8, 4) is 11.8 Å². The molecule has 1 aromatic rings. The highest BCUT2D eigenvalue weighted by Crippen LogP contribution is 2.12. The predicted octanol–water partition coefficient (Wildman–Crippen LogP) is 3.88. The van der Waals surface area contributed by atoms with E-state index >= 15 is 0 Å². The Morgan fingerprint density at radius 1 is 1.32 bits per heavy atom. The van der Waals surface area contributed by atoms with Crippen molar-refractivity contribution in [2.45, 2.75) is 26.7 Å². The van der Waals surface area contributed by atoms with Crippen molar-refractivity contribution in [1.82, 2.24) is 9.80 Å². The Bertz CT molecular complexity index is 616. The van der Waals surface area contributed by atoms with Crippen LogP contribution in [0.4, 0.5) is 4.79 Å². The molecule has 0 bridgehead atoms. The number of hydrogen-bond acceptors (Lipinski definition) is 3. The fourth-order valence-electron chi connectivity index (χ4n) is 2.77. The minimum atomic E-state index is -0.188. The molecule has 1 fully saturated rings. The Labute approximate surface area is 156 Å². The smallest absolute Gasteiger partial charge is 0.409 e. The molecule has 4 nitrogen and oxygen atoms in total. The molecular weight excluding hydrogens is 336 g/mol. The van der Waals surface area contributed by atoms with E-state index in [4.69, 9.17) is 16.3 Å². The fraction of sp³-hybridized carbons (Fsp3) is 0.550. The van der Waals surface area contributed by atoms with Crippen LogP contribution in [0.25, 0.3) is 0 Å². The van der Waals surface area contributed by atoms with Crippen LogP contribution in [0, 0.1) is 17.8 Å². The molecule has 1 aromatic carbocycles. The summed E-state index contributed by atoms with van der Waals surface area (Å²) in [7, 11) is 0. The first-order valence-electron chi connectivity index (χ1n) is 8.97. The lowest BCUT2D eigenvalue weighted by atomic mass is 10.0. The van der Waals surface area contributed by atoms with Gasteiger partial charge in [-0.3, -0.25) is 4.90 Å². The molecule has 1 aliphatic rings. The number of amides is 1. The molecule has 1 aliphatic heterocycles. The summed E-state index contributed by atoms with van der Waals surface area (Å²) in [5.74, 6) is 6.99. The third kappa shape index (κ3) is 6.97. The van der Waals surface area contributed by atoms with Gasteiger partial charge < -0.3 is 9.64 Å². The van der Waals surface area contributed by atoms with Crippen LogP contribution in [0.2, 0.25) is 5.02 Å². The lowest BCUT2D eigenvalue weighted by Crippen LogP contribution is -2.49. The molecule has 1 atom stereocenters. The molecule has 1 unspecified atom stereocenters. The van der Waals surface area contributed by atoms with Gasteiger partial charge in [-0.05, 0) is 44.0 Å². The van der Waals surface area contributed by atoms with Crippen LogP contribution >= 0.6 is 11.6 Å².